The summed E-state index contributed by atoms with van der Waals surface area (Å²) < 4.78 is 18.9. The molecule has 3 aromatic rings. The van der Waals surface area contributed by atoms with E-state index in [1.807, 2.05) is 18.2 Å². The first-order chi connectivity index (χ1) is 16.9. The molecule has 1 N–H and O–H groups in total. The number of methoxy groups -OCH3 is 1. The number of hydrogen-bond donors (Lipinski definition) is 1. The Kier molecular flexibility index (Phi) is 8.51. The van der Waals surface area contributed by atoms with Gasteiger partial charge in [0.2, 0.25) is 0 Å². The Morgan fingerprint density at radius 1 is 1.17 bits per heavy atom. The molecule has 0 atom stereocenters. The summed E-state index contributed by atoms with van der Waals surface area (Å²) in [6.45, 7) is 2.52. The van der Waals surface area contributed by atoms with Crippen molar-refractivity contribution in [2.24, 2.45) is 5.41 Å². The molecule has 0 unspecified atom stereocenters. The van der Waals surface area contributed by atoms with Crippen molar-refractivity contribution in [3.63, 3.8) is 0 Å². The molecule has 0 saturated carbocycles. The Hall–Kier alpha value is -2.36. The molecule has 1 saturated heterocycles. The van der Waals surface area contributed by atoms with Gasteiger partial charge in [-0.1, -0.05) is 35.0 Å². The van der Waals surface area contributed by atoms with Gasteiger partial charge in [-0.05, 0) is 92.6 Å². The topological polar surface area (TPSA) is 45.6 Å². The van der Waals surface area contributed by atoms with Crippen LogP contribution in [0.4, 0.5) is 4.39 Å². The monoisotopic (exact) mass is 514 g/mol. The minimum atomic E-state index is -0.382. The first kappa shape index (κ1) is 25.7. The number of rotatable bonds is 7. The quantitative estimate of drug-likeness (QED) is 0.384. The number of aryl methyl sites for hydroxylation is 1. The van der Waals surface area contributed by atoms with E-state index >= 15 is 0 Å². The van der Waals surface area contributed by atoms with E-state index in [0.29, 0.717) is 22.2 Å². The third kappa shape index (κ3) is 6.45. The van der Waals surface area contributed by atoms with Gasteiger partial charge in [-0.2, -0.15) is 0 Å². The molecule has 7 heteroatoms. The number of pyridine rings is 1. The minimum Gasteiger partial charge on any atom is -0.497 e. The van der Waals surface area contributed by atoms with Crippen LogP contribution < -0.4 is 4.74 Å². The minimum absolute atomic E-state index is 0.0903. The van der Waals surface area contributed by atoms with Gasteiger partial charge in [-0.25, -0.2) is 4.39 Å². The van der Waals surface area contributed by atoms with Crippen molar-refractivity contribution >= 4 is 34.1 Å². The number of hydrogen-bond acceptors (Lipinski definition) is 4. The first-order valence-corrected chi connectivity index (χ1v) is 12.6. The van der Waals surface area contributed by atoms with Crippen molar-refractivity contribution in [3.8, 4) is 17.6 Å². The lowest BCUT2D eigenvalue weighted by atomic mass is 9.75. The lowest BCUT2D eigenvalue weighted by Crippen LogP contribution is -2.42. The van der Waals surface area contributed by atoms with Crippen molar-refractivity contribution in [1.82, 2.24) is 9.88 Å². The van der Waals surface area contributed by atoms with E-state index in [9.17, 15) is 9.50 Å². The van der Waals surface area contributed by atoms with Crippen molar-refractivity contribution in [3.05, 3.63) is 69.6 Å². The first-order valence-electron chi connectivity index (χ1n) is 11.8. The molecule has 1 aliphatic rings. The summed E-state index contributed by atoms with van der Waals surface area (Å²) in [6, 6.07) is 10.2. The van der Waals surface area contributed by atoms with Crippen LogP contribution in [-0.2, 0) is 6.42 Å². The van der Waals surface area contributed by atoms with Crippen LogP contribution in [0.2, 0.25) is 10.0 Å². The summed E-state index contributed by atoms with van der Waals surface area (Å²) >= 11 is 12.4. The van der Waals surface area contributed by atoms with Crippen LogP contribution >= 0.6 is 23.2 Å². The second kappa shape index (κ2) is 11.6. The second-order valence-corrected chi connectivity index (χ2v) is 10.1. The number of halogens is 3. The Morgan fingerprint density at radius 3 is 2.69 bits per heavy atom. The molecule has 1 aliphatic heterocycles. The summed E-state index contributed by atoms with van der Waals surface area (Å²) in [5, 5.41) is 12.3. The van der Waals surface area contributed by atoms with Crippen LogP contribution in [0.3, 0.4) is 0 Å². The van der Waals surface area contributed by atoms with E-state index in [1.165, 1.54) is 12.1 Å². The lowest BCUT2D eigenvalue weighted by molar-refractivity contribution is 0.0401. The molecule has 1 aromatic heterocycles. The maximum atomic E-state index is 13.5. The highest BCUT2D eigenvalue weighted by atomic mass is 35.5. The molecular weight excluding hydrogens is 486 g/mol. The average molecular weight is 515 g/mol. The molecule has 2 heterocycles. The normalized spacial score (nSPS) is 15.6. The maximum Gasteiger partial charge on any atom is 0.125 e. The third-order valence-corrected chi connectivity index (χ3v) is 7.46. The second-order valence-electron chi connectivity index (χ2n) is 9.22. The number of fused-ring (bicyclic) bond motifs is 1. The van der Waals surface area contributed by atoms with Crippen LogP contribution in [0, 0.1) is 23.1 Å². The number of likely N-dealkylation sites (tertiary alicyclic amines) is 1. The van der Waals surface area contributed by atoms with Crippen LogP contribution in [0.25, 0.3) is 10.9 Å². The fourth-order valence-electron chi connectivity index (χ4n) is 4.78. The van der Waals surface area contributed by atoms with Crippen molar-refractivity contribution in [1.29, 1.82) is 0 Å². The summed E-state index contributed by atoms with van der Waals surface area (Å²) in [6.07, 6.45) is 6.21. The number of aliphatic hydroxyl groups excluding tert-OH is 1. The number of ether oxygens (including phenoxy) is 1. The van der Waals surface area contributed by atoms with Gasteiger partial charge in [-0.3, -0.25) is 9.88 Å². The molecule has 0 amide bonds. The van der Waals surface area contributed by atoms with Crippen LogP contribution in [-0.4, -0.2) is 48.3 Å². The molecule has 0 radical (unpaired) electrons. The van der Waals surface area contributed by atoms with E-state index in [1.54, 1.807) is 19.4 Å². The maximum absolute atomic E-state index is 13.5. The van der Waals surface area contributed by atoms with Gasteiger partial charge >= 0.3 is 0 Å². The number of nitrogens with zero attached hydrogens (tertiary/aromatic N) is 2. The Morgan fingerprint density at radius 2 is 1.97 bits per heavy atom. The average Bonchev–Trinajstić information content (AvgIpc) is 2.85. The van der Waals surface area contributed by atoms with Crippen LogP contribution in [0.1, 0.15) is 36.8 Å². The number of aromatic nitrogens is 1. The zero-order valence-corrected chi connectivity index (χ0v) is 21.3. The molecule has 0 bridgehead atoms. The molecule has 2 aromatic carbocycles. The zero-order chi connectivity index (χ0) is 24.8. The van der Waals surface area contributed by atoms with Gasteiger partial charge in [0.1, 0.15) is 11.6 Å². The number of benzene rings is 2. The molecule has 0 spiro atoms. The van der Waals surface area contributed by atoms with E-state index in [-0.39, 0.29) is 17.8 Å². The molecule has 4 rings (SSSR count). The zero-order valence-electron chi connectivity index (χ0n) is 19.8. The Balaban J connectivity index is 1.34. The molecular formula is C28H29Cl2FN2O2. The summed E-state index contributed by atoms with van der Waals surface area (Å²) in [4.78, 5) is 6.72. The molecule has 35 heavy (non-hydrogen) atoms. The van der Waals surface area contributed by atoms with Crippen molar-refractivity contribution in [2.75, 3.05) is 33.4 Å². The summed E-state index contributed by atoms with van der Waals surface area (Å²) in [5.74, 6) is 6.52. The molecule has 1 fully saturated rings. The van der Waals surface area contributed by atoms with Crippen molar-refractivity contribution in [2.45, 2.75) is 32.1 Å². The van der Waals surface area contributed by atoms with E-state index in [0.717, 1.165) is 67.4 Å². The molecule has 4 nitrogen and oxygen atoms in total. The highest BCUT2D eigenvalue weighted by molar-refractivity contribution is 6.32. The number of piperidine rings is 1. The summed E-state index contributed by atoms with van der Waals surface area (Å²) in [7, 11) is 1.65. The predicted octanol–water partition coefficient (Wildman–Crippen LogP) is 6.14. The fourth-order valence-corrected chi connectivity index (χ4v) is 5.24. The Bertz CT molecular complexity index is 1230. The highest BCUT2D eigenvalue weighted by Crippen LogP contribution is 2.37. The smallest absolute Gasteiger partial charge is 0.125 e. The van der Waals surface area contributed by atoms with Gasteiger partial charge in [0.15, 0.2) is 0 Å². The van der Waals surface area contributed by atoms with Gasteiger partial charge in [0.25, 0.3) is 0 Å². The molecule has 0 aliphatic carbocycles. The Labute approximate surface area is 216 Å². The van der Waals surface area contributed by atoms with E-state index < -0.39 is 0 Å². The highest BCUT2D eigenvalue weighted by Gasteiger charge is 2.33. The summed E-state index contributed by atoms with van der Waals surface area (Å²) in [5.41, 5.74) is 2.47. The number of aliphatic hydroxyl groups is 1. The fraction of sp³-hybridized carbons (Fsp3) is 0.393. The third-order valence-electron chi connectivity index (χ3n) is 6.92. The van der Waals surface area contributed by atoms with E-state index in [2.05, 4.69) is 21.7 Å². The lowest BCUT2D eigenvalue weighted by Gasteiger charge is -2.40. The van der Waals surface area contributed by atoms with Crippen LogP contribution in [0.5, 0.6) is 5.75 Å². The largest absolute Gasteiger partial charge is 0.497 e. The van der Waals surface area contributed by atoms with E-state index in [4.69, 9.17) is 27.9 Å². The van der Waals surface area contributed by atoms with Gasteiger partial charge < -0.3 is 9.84 Å². The van der Waals surface area contributed by atoms with Gasteiger partial charge in [0, 0.05) is 28.8 Å². The van der Waals surface area contributed by atoms with Crippen LogP contribution in [0.15, 0.2) is 42.6 Å². The molecule has 184 valence electrons. The van der Waals surface area contributed by atoms with Gasteiger partial charge in [0.05, 0.1) is 24.2 Å². The van der Waals surface area contributed by atoms with Gasteiger partial charge in [-0.15, -0.1) is 0 Å². The van der Waals surface area contributed by atoms with Crippen molar-refractivity contribution < 1.29 is 14.2 Å². The predicted molar refractivity (Wildman–Crippen MR) is 140 cm³/mol. The standard InChI is InChI=1S/C28H29Cl2FN2O2/c1-35-23-6-7-27-25(17-23)24(26(30)18-32-27)5-2-8-28(19-34)9-12-33(13-10-28)11-3-4-20-14-21(29)16-22(31)15-20/h6-7,14-18,34H,2,5,8-13,19H2,1H3. The SMILES string of the molecule is COc1ccc2ncc(Cl)c(CCCC3(CO)CCN(CC#Cc4cc(F)cc(Cl)c4)CC3)c2c1.